The van der Waals surface area contributed by atoms with Gasteiger partial charge in [0.2, 0.25) is 0 Å². The molecular weight excluding hydrogens is 949 g/mol. The van der Waals surface area contributed by atoms with E-state index in [2.05, 4.69) is 69.4 Å². The van der Waals surface area contributed by atoms with E-state index in [0.29, 0.717) is 19.3 Å². The maximum atomic E-state index is 12.9. The Balaban J connectivity index is 4.05. The second kappa shape index (κ2) is 65.9. The fraction of sp³-hybridized carbons (Fsp3) is 0.845. The van der Waals surface area contributed by atoms with Crippen molar-refractivity contribution >= 4 is 17.9 Å². The molecule has 0 saturated heterocycles. The smallest absolute Gasteiger partial charge is 0.306 e. The Bertz CT molecular complexity index is 1330. The van der Waals surface area contributed by atoms with Gasteiger partial charge in [0.05, 0.1) is 0 Å². The number of allylic oxidation sites excluding steroid dienone is 8. The molecule has 1 atom stereocenters. The van der Waals surface area contributed by atoms with Crippen molar-refractivity contribution in [1.82, 2.24) is 0 Å². The molecule has 0 fully saturated rings. The van der Waals surface area contributed by atoms with Crippen LogP contribution in [0.5, 0.6) is 0 Å². The van der Waals surface area contributed by atoms with Crippen molar-refractivity contribution in [2.24, 2.45) is 0 Å². The van der Waals surface area contributed by atoms with Crippen molar-refractivity contribution in [1.29, 1.82) is 0 Å². The second-order valence-electron chi connectivity index (χ2n) is 23.1. The molecule has 0 aliphatic heterocycles. The van der Waals surface area contributed by atoms with Gasteiger partial charge < -0.3 is 14.2 Å². The first-order chi connectivity index (χ1) is 38.0. The molecule has 0 spiro atoms. The van der Waals surface area contributed by atoms with Gasteiger partial charge in [0.25, 0.3) is 0 Å². The quantitative estimate of drug-likeness (QED) is 0.0261. The van der Waals surface area contributed by atoms with Crippen molar-refractivity contribution in [3.8, 4) is 0 Å². The highest BCUT2D eigenvalue weighted by atomic mass is 16.6. The fourth-order valence-corrected chi connectivity index (χ4v) is 10.1. The standard InChI is InChI=1S/C71H130O6/c1-4-7-10-13-16-19-22-24-26-28-29-30-31-32-33-34-35-36-37-38-39-40-41-42-43-44-46-47-49-52-55-58-61-64-70(73)76-67-68(66-75-69(72)63-60-57-54-51-21-18-15-12-9-6-3)77-71(74)65-62-59-56-53-50-48-45-27-25-23-20-17-14-11-8-5-2/h12,15,20,23,27-29,45,68H,4-11,13-14,16-19,21-22,24-26,30-44,46-67H2,1-3H3/b15-12-,23-20-,29-28-,45-27-. The third-order valence-electron chi connectivity index (χ3n) is 15.3. The fourth-order valence-electron chi connectivity index (χ4n) is 10.1. The van der Waals surface area contributed by atoms with Gasteiger partial charge in [-0.05, 0) is 96.3 Å². The molecule has 0 aliphatic rings. The zero-order valence-corrected chi connectivity index (χ0v) is 51.7. The molecule has 6 heteroatoms. The number of hydrogen-bond donors (Lipinski definition) is 0. The Morgan fingerprint density at radius 2 is 0.494 bits per heavy atom. The molecule has 1 unspecified atom stereocenters. The molecule has 0 amide bonds. The molecule has 0 saturated carbocycles. The normalized spacial score (nSPS) is 12.3. The summed E-state index contributed by atoms with van der Waals surface area (Å²) in [5.41, 5.74) is 0. The Kier molecular flexibility index (Phi) is 63.6. The molecular formula is C71H130O6. The molecule has 0 N–H and O–H groups in total. The first kappa shape index (κ1) is 74.4. The van der Waals surface area contributed by atoms with Gasteiger partial charge >= 0.3 is 17.9 Å². The van der Waals surface area contributed by atoms with Crippen LogP contribution < -0.4 is 0 Å². The number of unbranched alkanes of at least 4 members (excludes halogenated alkanes) is 44. The first-order valence-electron chi connectivity index (χ1n) is 34.1. The summed E-state index contributed by atoms with van der Waals surface area (Å²) in [6.45, 7) is 6.59. The Morgan fingerprint density at radius 1 is 0.260 bits per heavy atom. The van der Waals surface area contributed by atoms with Gasteiger partial charge in [-0.25, -0.2) is 0 Å². The highest BCUT2D eigenvalue weighted by molar-refractivity contribution is 5.71. The lowest BCUT2D eigenvalue weighted by molar-refractivity contribution is -0.167. The Labute approximate surface area is 479 Å². The van der Waals surface area contributed by atoms with Gasteiger partial charge in [0.15, 0.2) is 6.10 Å². The van der Waals surface area contributed by atoms with Crippen molar-refractivity contribution in [2.75, 3.05) is 13.2 Å². The molecule has 0 rings (SSSR count). The number of rotatable bonds is 63. The number of hydrogen-bond acceptors (Lipinski definition) is 6. The van der Waals surface area contributed by atoms with Crippen LogP contribution in [-0.4, -0.2) is 37.2 Å². The topological polar surface area (TPSA) is 78.9 Å². The van der Waals surface area contributed by atoms with E-state index in [0.717, 1.165) is 96.3 Å². The predicted molar refractivity (Wildman–Crippen MR) is 335 cm³/mol. The number of carbonyl (C=O) groups excluding carboxylic acids is 3. The number of ether oxygens (including phenoxy) is 3. The van der Waals surface area contributed by atoms with E-state index in [4.69, 9.17) is 14.2 Å². The molecule has 0 bridgehead atoms. The van der Waals surface area contributed by atoms with E-state index < -0.39 is 6.10 Å². The van der Waals surface area contributed by atoms with Gasteiger partial charge in [-0.2, -0.15) is 0 Å². The Morgan fingerprint density at radius 3 is 0.792 bits per heavy atom. The van der Waals surface area contributed by atoms with Crippen LogP contribution in [0.2, 0.25) is 0 Å². The van der Waals surface area contributed by atoms with E-state index in [-0.39, 0.29) is 31.1 Å². The summed E-state index contributed by atoms with van der Waals surface area (Å²) in [6.07, 6.45) is 83.1. The molecule has 0 aromatic carbocycles. The molecule has 0 aromatic rings. The predicted octanol–water partition coefficient (Wildman–Crippen LogP) is 23.3. The Hall–Kier alpha value is -2.63. The zero-order valence-electron chi connectivity index (χ0n) is 51.7. The lowest BCUT2D eigenvalue weighted by Gasteiger charge is -2.18. The lowest BCUT2D eigenvalue weighted by atomic mass is 10.0. The summed E-state index contributed by atoms with van der Waals surface area (Å²) < 4.78 is 16.9. The largest absolute Gasteiger partial charge is 0.462 e. The maximum Gasteiger partial charge on any atom is 0.306 e. The second-order valence-corrected chi connectivity index (χ2v) is 23.1. The monoisotopic (exact) mass is 1080 g/mol. The molecule has 0 heterocycles. The zero-order chi connectivity index (χ0) is 55.7. The molecule has 0 aromatic heterocycles. The van der Waals surface area contributed by atoms with Crippen LogP contribution in [0.1, 0.15) is 367 Å². The molecule has 0 aliphatic carbocycles. The number of esters is 3. The summed E-state index contributed by atoms with van der Waals surface area (Å²) in [7, 11) is 0. The summed E-state index contributed by atoms with van der Waals surface area (Å²) in [4.78, 5) is 38.2. The van der Waals surface area contributed by atoms with Gasteiger partial charge in [0, 0.05) is 19.3 Å². The van der Waals surface area contributed by atoms with Crippen molar-refractivity contribution in [3.63, 3.8) is 0 Å². The van der Waals surface area contributed by atoms with Crippen LogP contribution in [0, 0.1) is 0 Å². The average molecular weight is 1080 g/mol. The van der Waals surface area contributed by atoms with Gasteiger partial charge in [-0.3, -0.25) is 14.4 Å². The van der Waals surface area contributed by atoms with Crippen LogP contribution in [0.15, 0.2) is 48.6 Å². The van der Waals surface area contributed by atoms with Crippen molar-refractivity contribution in [3.05, 3.63) is 48.6 Å². The van der Waals surface area contributed by atoms with Gasteiger partial charge in [-0.1, -0.05) is 301 Å². The van der Waals surface area contributed by atoms with Crippen molar-refractivity contribution in [2.45, 2.75) is 374 Å². The van der Waals surface area contributed by atoms with E-state index in [1.807, 2.05) is 0 Å². The number of carbonyl (C=O) groups is 3. The SMILES string of the molecule is CCC/C=C\CCCCCCCC(=O)OCC(COC(=O)CCCCCCCCCCCCCCCCCCCCCCC/C=C\CCCCCCCCCC)OC(=O)CCCCCCC/C=C\C/C=C\CCCCCC. The van der Waals surface area contributed by atoms with Crippen LogP contribution in [0.3, 0.4) is 0 Å². The maximum absolute atomic E-state index is 12.9. The average Bonchev–Trinajstić information content (AvgIpc) is 3.43. The van der Waals surface area contributed by atoms with Crippen LogP contribution in [-0.2, 0) is 28.6 Å². The van der Waals surface area contributed by atoms with Gasteiger partial charge in [0.1, 0.15) is 13.2 Å². The summed E-state index contributed by atoms with van der Waals surface area (Å²) in [5, 5.41) is 0. The highest BCUT2D eigenvalue weighted by Crippen LogP contribution is 2.18. The molecule has 77 heavy (non-hydrogen) atoms. The van der Waals surface area contributed by atoms with Crippen molar-refractivity contribution < 1.29 is 28.6 Å². The first-order valence-corrected chi connectivity index (χ1v) is 34.1. The van der Waals surface area contributed by atoms with Crippen LogP contribution in [0.4, 0.5) is 0 Å². The van der Waals surface area contributed by atoms with E-state index in [1.54, 1.807) is 0 Å². The minimum Gasteiger partial charge on any atom is -0.462 e. The third kappa shape index (κ3) is 64.1. The lowest BCUT2D eigenvalue weighted by Crippen LogP contribution is -2.30. The van der Waals surface area contributed by atoms with E-state index >= 15 is 0 Å². The van der Waals surface area contributed by atoms with Crippen LogP contribution in [0.25, 0.3) is 0 Å². The minimum atomic E-state index is -0.782. The third-order valence-corrected chi connectivity index (χ3v) is 15.3. The minimum absolute atomic E-state index is 0.0782. The van der Waals surface area contributed by atoms with E-state index in [1.165, 1.54) is 231 Å². The van der Waals surface area contributed by atoms with Gasteiger partial charge in [-0.15, -0.1) is 0 Å². The molecule has 0 radical (unpaired) electrons. The summed E-state index contributed by atoms with van der Waals surface area (Å²) in [5.74, 6) is -0.885. The molecule has 6 nitrogen and oxygen atoms in total. The van der Waals surface area contributed by atoms with E-state index in [9.17, 15) is 14.4 Å². The van der Waals surface area contributed by atoms with Crippen LogP contribution >= 0.6 is 0 Å². The summed E-state index contributed by atoms with van der Waals surface area (Å²) >= 11 is 0. The molecule has 450 valence electrons. The summed E-state index contributed by atoms with van der Waals surface area (Å²) in [6, 6.07) is 0. The highest BCUT2D eigenvalue weighted by Gasteiger charge is 2.19.